The summed E-state index contributed by atoms with van der Waals surface area (Å²) in [6.45, 7) is 1.88. The van der Waals surface area contributed by atoms with Gasteiger partial charge in [0.2, 0.25) is 0 Å². The first-order valence-electron chi connectivity index (χ1n) is 8.25. The molecule has 0 bridgehead atoms. The van der Waals surface area contributed by atoms with Crippen molar-refractivity contribution >= 4 is 12.0 Å². The Bertz CT molecular complexity index is 952. The maximum atomic E-state index is 12.5. The molecule has 5 heteroatoms. The topological polar surface area (TPSA) is 81.6 Å². The van der Waals surface area contributed by atoms with Crippen LogP contribution in [0.1, 0.15) is 24.1 Å². The van der Waals surface area contributed by atoms with Gasteiger partial charge < -0.3 is 5.32 Å². The van der Waals surface area contributed by atoms with E-state index in [-0.39, 0.29) is 11.6 Å². The quantitative estimate of drug-likeness (QED) is 0.545. The van der Waals surface area contributed by atoms with Crippen molar-refractivity contribution in [3.05, 3.63) is 83.6 Å². The number of amides is 1. The van der Waals surface area contributed by atoms with Gasteiger partial charge in [0, 0.05) is 11.1 Å². The molecule has 128 valence electrons. The lowest BCUT2D eigenvalue weighted by atomic mass is 10.1. The monoisotopic (exact) mass is 342 g/mol. The van der Waals surface area contributed by atoms with Crippen LogP contribution >= 0.6 is 0 Å². The van der Waals surface area contributed by atoms with Crippen LogP contribution in [0.25, 0.3) is 17.3 Å². The minimum absolute atomic E-state index is 0.0337. The predicted octanol–water partition coefficient (Wildman–Crippen LogP) is 3.86. The van der Waals surface area contributed by atoms with Gasteiger partial charge in [-0.15, -0.1) is 0 Å². The normalized spacial score (nSPS) is 12.2. The van der Waals surface area contributed by atoms with Crippen molar-refractivity contribution < 1.29 is 4.79 Å². The highest BCUT2D eigenvalue weighted by Gasteiger charge is 2.15. The standard InChI is InChI=1S/C21H18N4O/c1-15(16-8-4-2-5-9-16)24-21(26)18(13-22)12-19-14-23-25-20(19)17-10-6-3-7-11-17/h2-12,14-15H,1H3,(H,23,25)(H,24,26)/b18-12-/t15-/m1/s1. The van der Waals surface area contributed by atoms with E-state index in [2.05, 4.69) is 15.5 Å². The zero-order valence-electron chi connectivity index (χ0n) is 14.3. The Labute approximate surface area is 152 Å². The summed E-state index contributed by atoms with van der Waals surface area (Å²) in [7, 11) is 0. The van der Waals surface area contributed by atoms with E-state index in [1.54, 1.807) is 12.3 Å². The number of nitrogens with one attached hydrogen (secondary N) is 2. The van der Waals surface area contributed by atoms with E-state index >= 15 is 0 Å². The van der Waals surface area contributed by atoms with Gasteiger partial charge in [-0.3, -0.25) is 9.89 Å². The van der Waals surface area contributed by atoms with Crippen molar-refractivity contribution in [1.29, 1.82) is 5.26 Å². The molecule has 1 atom stereocenters. The highest BCUT2D eigenvalue weighted by atomic mass is 16.1. The smallest absolute Gasteiger partial charge is 0.262 e. The van der Waals surface area contributed by atoms with Gasteiger partial charge in [0.25, 0.3) is 5.91 Å². The van der Waals surface area contributed by atoms with Gasteiger partial charge in [0.1, 0.15) is 11.6 Å². The summed E-state index contributed by atoms with van der Waals surface area (Å²) in [6, 6.07) is 21.0. The molecule has 26 heavy (non-hydrogen) atoms. The van der Waals surface area contributed by atoms with Crippen LogP contribution in [0, 0.1) is 11.3 Å². The maximum absolute atomic E-state index is 12.5. The van der Waals surface area contributed by atoms with Crippen molar-refractivity contribution in [2.24, 2.45) is 0 Å². The third-order valence-electron chi connectivity index (χ3n) is 4.04. The second kappa shape index (κ2) is 7.95. The number of carbonyl (C=O) groups is 1. The van der Waals surface area contributed by atoms with Crippen LogP contribution in [0.15, 0.2) is 72.4 Å². The summed E-state index contributed by atoms with van der Waals surface area (Å²) < 4.78 is 0. The second-order valence-electron chi connectivity index (χ2n) is 5.84. The van der Waals surface area contributed by atoms with Crippen LogP contribution in [-0.2, 0) is 4.79 Å². The number of carbonyl (C=O) groups excluding carboxylic acids is 1. The molecule has 0 spiro atoms. The molecule has 3 aromatic rings. The fraction of sp³-hybridized carbons (Fsp3) is 0.0952. The van der Waals surface area contributed by atoms with Crippen molar-refractivity contribution in [2.75, 3.05) is 0 Å². The van der Waals surface area contributed by atoms with Gasteiger partial charge in [0.15, 0.2) is 0 Å². The predicted molar refractivity (Wildman–Crippen MR) is 101 cm³/mol. The minimum atomic E-state index is -0.413. The van der Waals surface area contributed by atoms with Crippen LogP contribution in [0.4, 0.5) is 0 Å². The van der Waals surface area contributed by atoms with Crippen molar-refractivity contribution in [3.8, 4) is 17.3 Å². The Morgan fingerprint density at radius 2 is 1.81 bits per heavy atom. The van der Waals surface area contributed by atoms with E-state index < -0.39 is 5.91 Å². The number of aromatic amines is 1. The molecule has 0 saturated heterocycles. The number of benzene rings is 2. The Morgan fingerprint density at radius 1 is 1.15 bits per heavy atom. The van der Waals surface area contributed by atoms with Gasteiger partial charge in [0.05, 0.1) is 17.9 Å². The lowest BCUT2D eigenvalue weighted by molar-refractivity contribution is -0.117. The SMILES string of the molecule is C[C@@H](NC(=O)/C(C#N)=C\c1cn[nH]c1-c1ccccc1)c1ccccc1. The molecule has 0 fully saturated rings. The Morgan fingerprint density at radius 3 is 2.46 bits per heavy atom. The van der Waals surface area contributed by atoms with Gasteiger partial charge in [-0.05, 0) is 18.6 Å². The number of rotatable bonds is 5. The van der Waals surface area contributed by atoms with E-state index in [9.17, 15) is 10.1 Å². The molecule has 3 rings (SSSR count). The highest BCUT2D eigenvalue weighted by Crippen LogP contribution is 2.23. The first-order chi connectivity index (χ1) is 12.7. The molecule has 0 aliphatic heterocycles. The third kappa shape index (κ3) is 3.87. The average molecular weight is 342 g/mol. The highest BCUT2D eigenvalue weighted by molar-refractivity contribution is 6.02. The van der Waals surface area contributed by atoms with Crippen LogP contribution in [0.3, 0.4) is 0 Å². The van der Waals surface area contributed by atoms with E-state index in [1.165, 1.54) is 0 Å². The fourth-order valence-corrected chi connectivity index (χ4v) is 2.64. The van der Waals surface area contributed by atoms with Gasteiger partial charge in [-0.25, -0.2) is 0 Å². The van der Waals surface area contributed by atoms with Gasteiger partial charge >= 0.3 is 0 Å². The van der Waals surface area contributed by atoms with E-state index in [1.807, 2.05) is 73.7 Å². The molecule has 0 aliphatic carbocycles. The molecule has 5 nitrogen and oxygen atoms in total. The zero-order chi connectivity index (χ0) is 18.4. The number of nitrogens with zero attached hydrogens (tertiary/aromatic N) is 2. The van der Waals surface area contributed by atoms with E-state index in [0.29, 0.717) is 5.56 Å². The summed E-state index contributed by atoms with van der Waals surface area (Å²) in [4.78, 5) is 12.5. The largest absolute Gasteiger partial charge is 0.345 e. The van der Waals surface area contributed by atoms with Crippen LogP contribution in [0.5, 0.6) is 0 Å². The fourth-order valence-electron chi connectivity index (χ4n) is 2.64. The molecule has 1 heterocycles. The molecule has 2 N–H and O–H groups in total. The molecule has 1 aromatic heterocycles. The molecular weight excluding hydrogens is 324 g/mol. The second-order valence-corrected chi connectivity index (χ2v) is 5.84. The average Bonchev–Trinajstić information content (AvgIpc) is 3.15. The lowest BCUT2D eigenvalue weighted by Gasteiger charge is -2.13. The Balaban J connectivity index is 1.82. The summed E-state index contributed by atoms with van der Waals surface area (Å²) in [5.74, 6) is -0.413. The molecular formula is C21H18N4O. The molecule has 0 radical (unpaired) electrons. The summed E-state index contributed by atoms with van der Waals surface area (Å²) in [5.41, 5.74) is 3.40. The first kappa shape index (κ1) is 17.2. The van der Waals surface area contributed by atoms with Gasteiger partial charge in [-0.2, -0.15) is 10.4 Å². The maximum Gasteiger partial charge on any atom is 0.262 e. The minimum Gasteiger partial charge on any atom is -0.345 e. The van der Waals surface area contributed by atoms with E-state index in [4.69, 9.17) is 0 Å². The van der Waals surface area contributed by atoms with Crippen molar-refractivity contribution in [3.63, 3.8) is 0 Å². The number of hydrogen-bond acceptors (Lipinski definition) is 3. The third-order valence-corrected chi connectivity index (χ3v) is 4.04. The lowest BCUT2D eigenvalue weighted by Crippen LogP contribution is -2.27. The molecule has 1 amide bonds. The van der Waals surface area contributed by atoms with Crippen LogP contribution < -0.4 is 5.32 Å². The number of aromatic nitrogens is 2. The Kier molecular flexibility index (Phi) is 5.25. The number of hydrogen-bond donors (Lipinski definition) is 2. The van der Waals surface area contributed by atoms with E-state index in [0.717, 1.165) is 16.8 Å². The van der Waals surface area contributed by atoms with Gasteiger partial charge in [-0.1, -0.05) is 60.7 Å². The molecule has 2 aromatic carbocycles. The van der Waals surface area contributed by atoms with Crippen molar-refractivity contribution in [1.82, 2.24) is 15.5 Å². The zero-order valence-corrected chi connectivity index (χ0v) is 14.3. The molecule has 0 aliphatic rings. The molecule has 0 unspecified atom stereocenters. The number of H-pyrrole nitrogens is 1. The summed E-state index contributed by atoms with van der Waals surface area (Å²) >= 11 is 0. The summed E-state index contributed by atoms with van der Waals surface area (Å²) in [5, 5.41) is 19.3. The van der Waals surface area contributed by atoms with Crippen molar-refractivity contribution in [2.45, 2.75) is 13.0 Å². The molecule has 0 saturated carbocycles. The first-order valence-corrected chi connectivity index (χ1v) is 8.25. The van der Waals surface area contributed by atoms with Crippen LogP contribution in [-0.4, -0.2) is 16.1 Å². The summed E-state index contributed by atoms with van der Waals surface area (Å²) in [6.07, 6.45) is 3.16. The Hall–Kier alpha value is -3.65. The number of nitriles is 1. The van der Waals surface area contributed by atoms with Crippen LogP contribution in [0.2, 0.25) is 0 Å².